The summed E-state index contributed by atoms with van der Waals surface area (Å²) in [6.45, 7) is 6.04. The van der Waals surface area contributed by atoms with E-state index >= 15 is 0 Å². The first-order valence-corrected chi connectivity index (χ1v) is 10.7. The number of rotatable bonds is 7. The number of ether oxygens (including phenoxy) is 2. The van der Waals surface area contributed by atoms with Crippen molar-refractivity contribution in [1.82, 2.24) is 15.0 Å². The maximum Gasteiger partial charge on any atom is 0.262 e. The maximum atomic E-state index is 12.7. The quantitative estimate of drug-likeness (QED) is 0.402. The molecule has 0 saturated carbocycles. The zero-order chi connectivity index (χ0) is 21.8. The van der Waals surface area contributed by atoms with E-state index in [4.69, 9.17) is 9.47 Å². The second kappa shape index (κ2) is 9.40. The van der Waals surface area contributed by atoms with Gasteiger partial charge in [0.1, 0.15) is 11.4 Å². The van der Waals surface area contributed by atoms with Gasteiger partial charge in [-0.2, -0.15) is 5.10 Å². The minimum absolute atomic E-state index is 0.177. The largest absolute Gasteiger partial charge is 0.493 e. The summed E-state index contributed by atoms with van der Waals surface area (Å²) in [5.41, 5.74) is 3.79. The van der Waals surface area contributed by atoms with Gasteiger partial charge in [0.2, 0.25) is 0 Å². The number of hydrazone groups is 1. The van der Waals surface area contributed by atoms with Gasteiger partial charge in [0.15, 0.2) is 11.5 Å². The van der Waals surface area contributed by atoms with Crippen LogP contribution < -0.4 is 20.5 Å². The molecule has 8 nitrogen and oxygen atoms in total. The average Bonchev–Trinajstić information content (AvgIpc) is 3.00. The lowest BCUT2D eigenvalue weighted by Gasteiger charge is -2.12. The predicted molar refractivity (Wildman–Crippen MR) is 121 cm³/mol. The van der Waals surface area contributed by atoms with Crippen molar-refractivity contribution in [2.24, 2.45) is 5.10 Å². The number of carbonyl (C=O) groups is 1. The molecule has 0 atom stereocenters. The lowest BCUT2D eigenvalue weighted by Crippen LogP contribution is -2.30. The zero-order valence-corrected chi connectivity index (χ0v) is 19.4. The summed E-state index contributed by atoms with van der Waals surface area (Å²) in [7, 11) is 1.55. The van der Waals surface area contributed by atoms with Crippen LogP contribution >= 0.6 is 27.3 Å². The Labute approximate surface area is 185 Å². The van der Waals surface area contributed by atoms with Crippen molar-refractivity contribution in [3.63, 3.8) is 0 Å². The van der Waals surface area contributed by atoms with Gasteiger partial charge in [0.05, 0.1) is 36.1 Å². The summed E-state index contributed by atoms with van der Waals surface area (Å²) >= 11 is 4.91. The molecule has 3 rings (SSSR count). The first kappa shape index (κ1) is 22.0. The topological polar surface area (TPSA) is 94.8 Å². The first-order valence-electron chi connectivity index (χ1n) is 9.13. The fourth-order valence-electron chi connectivity index (χ4n) is 2.85. The van der Waals surface area contributed by atoms with E-state index in [0.29, 0.717) is 38.4 Å². The number of hydrogen-bond acceptors (Lipinski definition) is 7. The Morgan fingerprint density at radius 3 is 2.87 bits per heavy atom. The maximum absolute atomic E-state index is 12.7. The highest BCUT2D eigenvalue weighted by Crippen LogP contribution is 2.36. The molecule has 1 amide bonds. The highest BCUT2D eigenvalue weighted by molar-refractivity contribution is 9.10. The molecule has 3 aromatic rings. The zero-order valence-electron chi connectivity index (χ0n) is 17.0. The van der Waals surface area contributed by atoms with Crippen LogP contribution in [-0.2, 0) is 11.3 Å². The van der Waals surface area contributed by atoms with Gasteiger partial charge < -0.3 is 9.47 Å². The highest BCUT2D eigenvalue weighted by atomic mass is 79.9. The van der Waals surface area contributed by atoms with Crippen LogP contribution in [0.4, 0.5) is 0 Å². The molecule has 2 aromatic heterocycles. The molecule has 158 valence electrons. The predicted octanol–water partition coefficient (Wildman–Crippen LogP) is 3.39. The Kier molecular flexibility index (Phi) is 6.88. The van der Waals surface area contributed by atoms with Gasteiger partial charge in [-0.15, -0.1) is 11.3 Å². The van der Waals surface area contributed by atoms with Crippen LogP contribution in [0.2, 0.25) is 0 Å². The van der Waals surface area contributed by atoms with Crippen molar-refractivity contribution in [2.45, 2.75) is 27.3 Å². The number of aryl methyl sites for hydroxylation is 2. The number of aromatic nitrogens is 2. The summed E-state index contributed by atoms with van der Waals surface area (Å²) in [6.07, 6.45) is 2.87. The Morgan fingerprint density at radius 2 is 2.17 bits per heavy atom. The number of methoxy groups -OCH3 is 1. The van der Waals surface area contributed by atoms with Crippen molar-refractivity contribution < 1.29 is 14.3 Å². The number of hydrogen-bond donors (Lipinski definition) is 1. The lowest BCUT2D eigenvalue weighted by molar-refractivity contribution is -0.121. The normalized spacial score (nSPS) is 11.2. The molecule has 0 aliphatic rings. The van der Waals surface area contributed by atoms with Gasteiger partial charge in [-0.25, -0.2) is 10.4 Å². The molecule has 2 heterocycles. The van der Waals surface area contributed by atoms with E-state index in [1.54, 1.807) is 19.2 Å². The van der Waals surface area contributed by atoms with Crippen molar-refractivity contribution in [3.8, 4) is 11.5 Å². The number of fused-ring (bicyclic) bond motifs is 1. The number of nitrogens with zero attached hydrogens (tertiary/aromatic N) is 3. The number of thiophene rings is 1. The second-order valence-electron chi connectivity index (χ2n) is 6.40. The molecular formula is C20H21BrN4O4S. The monoisotopic (exact) mass is 492 g/mol. The van der Waals surface area contributed by atoms with Gasteiger partial charge in [0.25, 0.3) is 11.5 Å². The van der Waals surface area contributed by atoms with Crippen LogP contribution in [-0.4, -0.2) is 35.4 Å². The van der Waals surface area contributed by atoms with Crippen LogP contribution in [0.1, 0.15) is 22.9 Å². The third-order valence-electron chi connectivity index (χ3n) is 4.41. The molecule has 1 N–H and O–H groups in total. The van der Waals surface area contributed by atoms with Gasteiger partial charge in [-0.05, 0) is 60.0 Å². The summed E-state index contributed by atoms with van der Waals surface area (Å²) < 4.78 is 12.9. The molecule has 0 aliphatic carbocycles. The molecule has 0 bridgehead atoms. The molecule has 1 aromatic carbocycles. The van der Waals surface area contributed by atoms with E-state index in [0.717, 1.165) is 10.4 Å². The lowest BCUT2D eigenvalue weighted by atomic mass is 10.2. The van der Waals surface area contributed by atoms with Crippen LogP contribution in [0.15, 0.2) is 32.8 Å². The standard InChI is InChI=1S/C20H21BrN4O4S/c1-5-29-18-14(21)6-13(7-15(18)28-4)8-23-24-16(26)9-25-10-22-19-17(20(25)27)11(2)12(3)30-19/h6-8,10H,5,9H2,1-4H3,(H,24,26)/b23-8-. The number of nitrogens with one attached hydrogen (secondary N) is 1. The molecule has 0 spiro atoms. The van der Waals surface area contributed by atoms with Crippen LogP contribution in [0.25, 0.3) is 10.2 Å². The summed E-state index contributed by atoms with van der Waals surface area (Å²) in [6, 6.07) is 3.54. The first-order chi connectivity index (χ1) is 14.3. The minimum Gasteiger partial charge on any atom is -0.493 e. The van der Waals surface area contributed by atoms with E-state index in [-0.39, 0.29) is 12.1 Å². The Hall–Kier alpha value is -2.72. The van der Waals surface area contributed by atoms with Crippen LogP contribution in [0.3, 0.4) is 0 Å². The summed E-state index contributed by atoms with van der Waals surface area (Å²) in [5, 5.41) is 4.53. The Balaban J connectivity index is 1.72. The fraction of sp³-hybridized carbons (Fsp3) is 0.300. The van der Waals surface area contributed by atoms with Gasteiger partial charge in [-0.1, -0.05) is 0 Å². The molecule has 0 radical (unpaired) electrons. The van der Waals surface area contributed by atoms with Gasteiger partial charge >= 0.3 is 0 Å². The van der Waals surface area contributed by atoms with E-state index in [2.05, 4.69) is 31.4 Å². The minimum atomic E-state index is -0.434. The summed E-state index contributed by atoms with van der Waals surface area (Å²) in [4.78, 5) is 30.9. The van der Waals surface area contributed by atoms with E-state index in [9.17, 15) is 9.59 Å². The second-order valence-corrected chi connectivity index (χ2v) is 8.46. The third-order valence-corrected chi connectivity index (χ3v) is 6.12. The number of carbonyl (C=O) groups excluding carboxylic acids is 1. The number of benzene rings is 1. The van der Waals surface area contributed by atoms with E-state index < -0.39 is 5.91 Å². The molecule has 0 unspecified atom stereocenters. The Morgan fingerprint density at radius 1 is 1.40 bits per heavy atom. The van der Waals surface area contributed by atoms with E-state index in [1.165, 1.54) is 28.4 Å². The number of amides is 1. The Bertz CT molecular complexity index is 1190. The molecule has 0 aliphatic heterocycles. The van der Waals surface area contributed by atoms with Crippen molar-refractivity contribution >= 4 is 49.6 Å². The average molecular weight is 493 g/mol. The third kappa shape index (κ3) is 4.54. The smallest absolute Gasteiger partial charge is 0.262 e. The number of halogens is 1. The van der Waals surface area contributed by atoms with Crippen molar-refractivity contribution in [1.29, 1.82) is 0 Å². The summed E-state index contributed by atoms with van der Waals surface area (Å²) in [5.74, 6) is 0.713. The molecular weight excluding hydrogens is 472 g/mol. The molecule has 0 saturated heterocycles. The SMILES string of the molecule is CCOc1c(Br)cc(/C=N\NC(=O)Cn2cnc3sc(C)c(C)c3c2=O)cc1OC. The van der Waals surface area contributed by atoms with Crippen molar-refractivity contribution in [3.05, 3.63) is 49.3 Å². The highest BCUT2D eigenvalue weighted by Gasteiger charge is 2.14. The van der Waals surface area contributed by atoms with Crippen LogP contribution in [0, 0.1) is 13.8 Å². The van der Waals surface area contributed by atoms with Gasteiger partial charge in [0, 0.05) is 4.88 Å². The van der Waals surface area contributed by atoms with E-state index in [1.807, 2.05) is 20.8 Å². The van der Waals surface area contributed by atoms with Crippen LogP contribution in [0.5, 0.6) is 11.5 Å². The molecule has 30 heavy (non-hydrogen) atoms. The van der Waals surface area contributed by atoms with Gasteiger partial charge in [-0.3, -0.25) is 14.2 Å². The molecule has 10 heteroatoms. The molecule has 0 fully saturated rings. The fourth-order valence-corrected chi connectivity index (χ4v) is 4.41. The van der Waals surface area contributed by atoms with Crippen molar-refractivity contribution in [2.75, 3.05) is 13.7 Å².